The average molecular weight is 312 g/mol. The van der Waals surface area contributed by atoms with Crippen LogP contribution in [0.3, 0.4) is 0 Å². The fourth-order valence-corrected chi connectivity index (χ4v) is 4.00. The lowest BCUT2D eigenvalue weighted by molar-refractivity contribution is 0.0694. The van der Waals surface area contributed by atoms with E-state index in [1.165, 1.54) is 30.3 Å². The number of hydrogen-bond acceptors (Lipinski definition) is 3. The van der Waals surface area contributed by atoms with Crippen molar-refractivity contribution >= 4 is 22.6 Å². The molecule has 3 heterocycles. The van der Waals surface area contributed by atoms with Crippen molar-refractivity contribution in [1.29, 1.82) is 0 Å². The molecule has 1 N–H and O–H groups in total. The Kier molecular flexibility index (Phi) is 3.18. The van der Waals surface area contributed by atoms with Crippen molar-refractivity contribution in [2.75, 3.05) is 18.0 Å². The number of aromatic carboxylic acids is 1. The quantitative estimate of drug-likeness (QED) is 0.926. The molecule has 1 atom stereocenters. The molecule has 1 unspecified atom stereocenters. The predicted molar refractivity (Wildman–Crippen MR) is 89.6 cm³/mol. The molecule has 2 aliphatic heterocycles. The Morgan fingerprint density at radius 3 is 2.70 bits per heavy atom. The lowest BCUT2D eigenvalue weighted by atomic mass is 9.94. The molecular formula is C18H20N2O3. The second-order valence-corrected chi connectivity index (χ2v) is 6.63. The number of carboxylic acids is 1. The zero-order chi connectivity index (χ0) is 16.1. The van der Waals surface area contributed by atoms with Crippen molar-refractivity contribution < 1.29 is 9.90 Å². The van der Waals surface area contributed by atoms with E-state index in [9.17, 15) is 14.7 Å². The van der Waals surface area contributed by atoms with E-state index in [0.717, 1.165) is 31.4 Å². The second kappa shape index (κ2) is 5.11. The van der Waals surface area contributed by atoms with E-state index in [2.05, 4.69) is 11.8 Å². The van der Waals surface area contributed by atoms with Gasteiger partial charge in [0, 0.05) is 36.4 Å². The van der Waals surface area contributed by atoms with Crippen LogP contribution in [0.15, 0.2) is 23.1 Å². The van der Waals surface area contributed by atoms with E-state index in [1.54, 1.807) is 0 Å². The van der Waals surface area contributed by atoms with E-state index < -0.39 is 5.97 Å². The molecule has 0 saturated carbocycles. The molecule has 120 valence electrons. The average Bonchev–Trinajstić information content (AvgIpc) is 3.06. The second-order valence-electron chi connectivity index (χ2n) is 6.63. The standard InChI is InChI=1S/C18H20N2O3/c1-11-4-5-12-15(19-8-2-3-9-19)7-6-13-16(12)20(11)10-14(17(13)21)18(22)23/h6-7,10-11H,2-5,8-9H2,1H3,(H,22,23). The molecule has 1 aromatic heterocycles. The summed E-state index contributed by atoms with van der Waals surface area (Å²) in [5.74, 6) is -1.15. The highest BCUT2D eigenvalue weighted by molar-refractivity contribution is 5.95. The number of carboxylic acid groups (broad SMARTS) is 1. The molecule has 0 bridgehead atoms. The van der Waals surface area contributed by atoms with E-state index in [1.807, 2.05) is 16.7 Å². The Labute approximate surface area is 134 Å². The summed E-state index contributed by atoms with van der Waals surface area (Å²) in [4.78, 5) is 26.3. The molecule has 0 aliphatic carbocycles. The van der Waals surface area contributed by atoms with Gasteiger partial charge >= 0.3 is 5.97 Å². The zero-order valence-electron chi connectivity index (χ0n) is 13.2. The van der Waals surface area contributed by atoms with Gasteiger partial charge in [0.2, 0.25) is 5.43 Å². The summed E-state index contributed by atoms with van der Waals surface area (Å²) in [6, 6.07) is 4.03. The minimum absolute atomic E-state index is 0.133. The van der Waals surface area contributed by atoms with E-state index in [0.29, 0.717) is 5.39 Å². The summed E-state index contributed by atoms with van der Waals surface area (Å²) in [5, 5.41) is 9.86. The summed E-state index contributed by atoms with van der Waals surface area (Å²) in [6.45, 7) is 4.21. The Hall–Kier alpha value is -2.30. The SMILES string of the molecule is CC1CCc2c(N3CCCC3)ccc3c(=O)c(C(=O)O)cn1c23. The molecule has 0 radical (unpaired) electrons. The number of pyridine rings is 1. The number of nitrogens with zero attached hydrogens (tertiary/aromatic N) is 2. The van der Waals surface area contributed by atoms with Gasteiger partial charge in [-0.3, -0.25) is 4.79 Å². The summed E-state index contributed by atoms with van der Waals surface area (Å²) >= 11 is 0. The molecule has 5 nitrogen and oxygen atoms in total. The Morgan fingerprint density at radius 2 is 2.00 bits per heavy atom. The molecule has 0 amide bonds. The predicted octanol–water partition coefficient (Wildman–Crippen LogP) is 2.81. The van der Waals surface area contributed by atoms with Crippen LogP contribution in [-0.2, 0) is 6.42 Å². The van der Waals surface area contributed by atoms with Crippen LogP contribution in [0.5, 0.6) is 0 Å². The maximum absolute atomic E-state index is 12.5. The van der Waals surface area contributed by atoms with Crippen LogP contribution in [0.25, 0.3) is 10.9 Å². The third-order valence-electron chi connectivity index (χ3n) is 5.24. The van der Waals surface area contributed by atoms with E-state index >= 15 is 0 Å². The van der Waals surface area contributed by atoms with Gasteiger partial charge < -0.3 is 14.6 Å². The molecule has 0 spiro atoms. The lowest BCUT2D eigenvalue weighted by Crippen LogP contribution is -2.26. The largest absolute Gasteiger partial charge is 0.477 e. The molecule has 2 aliphatic rings. The monoisotopic (exact) mass is 312 g/mol. The van der Waals surface area contributed by atoms with E-state index in [-0.39, 0.29) is 17.0 Å². The first-order valence-electron chi connectivity index (χ1n) is 8.27. The maximum Gasteiger partial charge on any atom is 0.341 e. The molecule has 23 heavy (non-hydrogen) atoms. The third-order valence-corrected chi connectivity index (χ3v) is 5.24. The Morgan fingerprint density at radius 1 is 1.26 bits per heavy atom. The van der Waals surface area contributed by atoms with Gasteiger partial charge in [-0.2, -0.15) is 0 Å². The van der Waals surface area contributed by atoms with Crippen molar-refractivity contribution in [3.8, 4) is 0 Å². The minimum atomic E-state index is -1.15. The zero-order valence-corrected chi connectivity index (χ0v) is 13.2. The summed E-state index contributed by atoms with van der Waals surface area (Å²) in [6.07, 6.45) is 5.86. The van der Waals surface area contributed by atoms with Crippen LogP contribution < -0.4 is 10.3 Å². The highest BCUT2D eigenvalue weighted by Crippen LogP contribution is 2.37. The van der Waals surface area contributed by atoms with Crippen LogP contribution in [0.4, 0.5) is 5.69 Å². The topological polar surface area (TPSA) is 62.5 Å². The number of rotatable bonds is 2. The molecule has 5 heteroatoms. The van der Waals surface area contributed by atoms with Gasteiger partial charge in [0.05, 0.1) is 5.52 Å². The minimum Gasteiger partial charge on any atom is -0.477 e. The van der Waals surface area contributed by atoms with Gasteiger partial charge in [-0.1, -0.05) is 0 Å². The van der Waals surface area contributed by atoms with Crippen LogP contribution >= 0.6 is 0 Å². The summed E-state index contributed by atoms with van der Waals surface area (Å²) in [5.41, 5.74) is 2.86. The van der Waals surface area contributed by atoms with Gasteiger partial charge in [0.1, 0.15) is 5.56 Å². The van der Waals surface area contributed by atoms with Gasteiger partial charge in [-0.15, -0.1) is 0 Å². The molecule has 1 fully saturated rings. The first kappa shape index (κ1) is 14.3. The number of carbonyl (C=O) groups is 1. The highest BCUT2D eigenvalue weighted by atomic mass is 16.4. The number of anilines is 1. The fourth-order valence-electron chi connectivity index (χ4n) is 4.00. The fraction of sp³-hybridized carbons (Fsp3) is 0.444. The summed E-state index contributed by atoms with van der Waals surface area (Å²) in [7, 11) is 0. The smallest absolute Gasteiger partial charge is 0.341 e. The van der Waals surface area contributed by atoms with Crippen molar-refractivity contribution in [2.45, 2.75) is 38.6 Å². The molecule has 4 rings (SSSR count). The first-order chi connectivity index (χ1) is 11.1. The van der Waals surface area contributed by atoms with Crippen molar-refractivity contribution in [3.63, 3.8) is 0 Å². The number of benzene rings is 1. The summed E-state index contributed by atoms with van der Waals surface area (Å²) < 4.78 is 2.00. The molecule has 2 aromatic rings. The lowest BCUT2D eigenvalue weighted by Gasteiger charge is -2.30. The van der Waals surface area contributed by atoms with Crippen LogP contribution in [-0.4, -0.2) is 28.7 Å². The van der Waals surface area contributed by atoms with Gasteiger partial charge in [0.15, 0.2) is 0 Å². The normalized spacial score (nSPS) is 20.2. The number of aromatic nitrogens is 1. The maximum atomic E-state index is 12.5. The Bertz CT molecular complexity index is 863. The van der Waals surface area contributed by atoms with Crippen LogP contribution in [0.2, 0.25) is 0 Å². The Balaban J connectivity index is 2.05. The molecule has 1 saturated heterocycles. The number of hydrogen-bond donors (Lipinski definition) is 1. The van der Waals surface area contributed by atoms with Crippen molar-refractivity contribution in [2.24, 2.45) is 0 Å². The number of aryl methyl sites for hydroxylation is 1. The molecule has 1 aromatic carbocycles. The van der Waals surface area contributed by atoms with E-state index in [4.69, 9.17) is 0 Å². The van der Waals surface area contributed by atoms with Gasteiger partial charge in [-0.05, 0) is 50.3 Å². The van der Waals surface area contributed by atoms with Gasteiger partial charge in [0.25, 0.3) is 0 Å². The molecular weight excluding hydrogens is 292 g/mol. The van der Waals surface area contributed by atoms with Crippen LogP contribution in [0.1, 0.15) is 48.1 Å². The van der Waals surface area contributed by atoms with Gasteiger partial charge in [-0.25, -0.2) is 4.79 Å². The highest BCUT2D eigenvalue weighted by Gasteiger charge is 2.26. The van der Waals surface area contributed by atoms with Crippen molar-refractivity contribution in [3.05, 3.63) is 39.7 Å². The third kappa shape index (κ3) is 2.06. The van der Waals surface area contributed by atoms with Crippen LogP contribution in [0, 0.1) is 0 Å². The van der Waals surface area contributed by atoms with Crippen molar-refractivity contribution in [1.82, 2.24) is 4.57 Å². The first-order valence-corrected chi connectivity index (χ1v) is 8.27.